The van der Waals surface area contributed by atoms with Gasteiger partial charge in [0.1, 0.15) is 5.65 Å². The molecule has 0 aliphatic carbocycles. The number of nitrogens with zero attached hydrogens (tertiary/aromatic N) is 3. The molecule has 1 N–H and O–H groups in total. The van der Waals surface area contributed by atoms with Crippen molar-refractivity contribution in [1.29, 1.82) is 0 Å². The average Bonchev–Trinajstić information content (AvgIpc) is 2.89. The summed E-state index contributed by atoms with van der Waals surface area (Å²) in [6.07, 6.45) is 8.34. The van der Waals surface area contributed by atoms with E-state index in [1.807, 2.05) is 10.6 Å². The molecular formula is C16H21N3O2. The first-order valence-corrected chi connectivity index (χ1v) is 7.62. The van der Waals surface area contributed by atoms with E-state index < -0.39 is 5.97 Å². The molecule has 0 amide bonds. The summed E-state index contributed by atoms with van der Waals surface area (Å²) in [6, 6.07) is 3.94. The third-order valence-electron chi connectivity index (χ3n) is 4.35. The summed E-state index contributed by atoms with van der Waals surface area (Å²) in [6.45, 7) is 4.47. The van der Waals surface area contributed by atoms with Crippen LogP contribution >= 0.6 is 0 Å². The van der Waals surface area contributed by atoms with Crippen LogP contribution in [0.5, 0.6) is 0 Å². The van der Waals surface area contributed by atoms with Crippen molar-refractivity contribution < 1.29 is 9.90 Å². The first-order chi connectivity index (χ1) is 10.2. The molecule has 0 radical (unpaired) electrons. The highest BCUT2D eigenvalue weighted by atomic mass is 16.4. The first kappa shape index (κ1) is 14.1. The van der Waals surface area contributed by atoms with Crippen LogP contribution in [-0.4, -0.2) is 44.5 Å². The first-order valence-electron chi connectivity index (χ1n) is 7.62. The molecule has 21 heavy (non-hydrogen) atoms. The van der Waals surface area contributed by atoms with Gasteiger partial charge in [0.25, 0.3) is 0 Å². The normalized spacial score (nSPS) is 20.0. The van der Waals surface area contributed by atoms with Crippen LogP contribution in [-0.2, 0) is 6.42 Å². The van der Waals surface area contributed by atoms with Crippen LogP contribution in [0.2, 0.25) is 0 Å². The fourth-order valence-electron chi connectivity index (χ4n) is 3.22. The number of carboxylic acids is 1. The van der Waals surface area contributed by atoms with Gasteiger partial charge in [0, 0.05) is 24.9 Å². The largest absolute Gasteiger partial charge is 0.478 e. The summed E-state index contributed by atoms with van der Waals surface area (Å²) in [7, 11) is 0. The summed E-state index contributed by atoms with van der Waals surface area (Å²) in [5.74, 6) is -0.906. The van der Waals surface area contributed by atoms with Gasteiger partial charge in [-0.05, 0) is 38.1 Å². The van der Waals surface area contributed by atoms with Crippen molar-refractivity contribution in [3.63, 3.8) is 0 Å². The fraction of sp³-hybridized carbons (Fsp3) is 0.500. The van der Waals surface area contributed by atoms with Crippen molar-refractivity contribution >= 4 is 11.6 Å². The van der Waals surface area contributed by atoms with E-state index >= 15 is 0 Å². The van der Waals surface area contributed by atoms with Crippen molar-refractivity contribution in [2.75, 3.05) is 13.1 Å². The highest BCUT2D eigenvalue weighted by Gasteiger charge is 2.22. The maximum atomic E-state index is 11.0. The lowest BCUT2D eigenvalue weighted by atomic mass is 9.98. The average molecular weight is 287 g/mol. The molecule has 2 aromatic rings. The minimum absolute atomic E-state index is 0.291. The van der Waals surface area contributed by atoms with Gasteiger partial charge in [-0.2, -0.15) is 0 Å². The molecular weight excluding hydrogens is 266 g/mol. The van der Waals surface area contributed by atoms with E-state index in [0.717, 1.165) is 24.3 Å². The van der Waals surface area contributed by atoms with Gasteiger partial charge in [-0.25, -0.2) is 9.78 Å². The maximum Gasteiger partial charge on any atom is 0.337 e. The quantitative estimate of drug-likeness (QED) is 0.938. The second-order valence-electron chi connectivity index (χ2n) is 5.70. The van der Waals surface area contributed by atoms with Gasteiger partial charge in [0.15, 0.2) is 0 Å². The van der Waals surface area contributed by atoms with E-state index in [1.54, 1.807) is 18.3 Å². The zero-order valence-electron chi connectivity index (χ0n) is 12.3. The number of piperidine rings is 1. The lowest BCUT2D eigenvalue weighted by Crippen LogP contribution is -2.40. The zero-order chi connectivity index (χ0) is 14.8. The van der Waals surface area contributed by atoms with Gasteiger partial charge < -0.3 is 14.4 Å². The number of fused-ring (bicyclic) bond motifs is 1. The number of pyridine rings is 1. The Morgan fingerprint density at radius 1 is 1.38 bits per heavy atom. The van der Waals surface area contributed by atoms with E-state index in [-0.39, 0.29) is 0 Å². The van der Waals surface area contributed by atoms with Crippen molar-refractivity contribution in [2.45, 2.75) is 38.6 Å². The fourth-order valence-corrected chi connectivity index (χ4v) is 3.22. The Hall–Kier alpha value is -1.88. The van der Waals surface area contributed by atoms with Crippen LogP contribution in [0.1, 0.15) is 42.2 Å². The Bertz CT molecular complexity index is 650. The minimum Gasteiger partial charge on any atom is -0.478 e. The SMILES string of the molecule is CCN1CCCCC1Cc1cn2cc(C(=O)O)ccc2n1. The summed E-state index contributed by atoms with van der Waals surface area (Å²) in [5, 5.41) is 9.04. The second-order valence-corrected chi connectivity index (χ2v) is 5.70. The molecule has 1 aliphatic rings. The van der Waals surface area contributed by atoms with Gasteiger partial charge >= 0.3 is 5.97 Å². The summed E-state index contributed by atoms with van der Waals surface area (Å²) < 4.78 is 1.82. The molecule has 5 nitrogen and oxygen atoms in total. The number of likely N-dealkylation sites (tertiary alicyclic amines) is 1. The van der Waals surface area contributed by atoms with E-state index in [4.69, 9.17) is 5.11 Å². The Morgan fingerprint density at radius 2 is 2.24 bits per heavy atom. The van der Waals surface area contributed by atoms with Gasteiger partial charge in [-0.1, -0.05) is 13.3 Å². The van der Waals surface area contributed by atoms with Crippen molar-refractivity contribution in [2.24, 2.45) is 0 Å². The molecule has 0 aromatic carbocycles. The van der Waals surface area contributed by atoms with Crippen LogP contribution in [0.3, 0.4) is 0 Å². The number of likely N-dealkylation sites (N-methyl/N-ethyl adjacent to an activating group) is 1. The zero-order valence-corrected chi connectivity index (χ0v) is 12.3. The Kier molecular flexibility index (Phi) is 3.92. The van der Waals surface area contributed by atoms with Crippen LogP contribution in [0.25, 0.3) is 5.65 Å². The monoisotopic (exact) mass is 287 g/mol. The molecule has 0 saturated carbocycles. The lowest BCUT2D eigenvalue weighted by Gasteiger charge is -2.34. The topological polar surface area (TPSA) is 57.8 Å². The molecule has 3 heterocycles. The third-order valence-corrected chi connectivity index (χ3v) is 4.35. The molecule has 1 aliphatic heterocycles. The number of rotatable bonds is 4. The van der Waals surface area contributed by atoms with E-state index in [9.17, 15) is 4.79 Å². The summed E-state index contributed by atoms with van der Waals surface area (Å²) in [4.78, 5) is 18.2. The van der Waals surface area contributed by atoms with E-state index in [0.29, 0.717) is 11.6 Å². The third kappa shape index (κ3) is 2.93. The summed E-state index contributed by atoms with van der Waals surface area (Å²) >= 11 is 0. The Balaban J connectivity index is 1.82. The molecule has 1 atom stereocenters. The molecule has 0 spiro atoms. The van der Waals surface area contributed by atoms with Crippen LogP contribution in [0, 0.1) is 0 Å². The molecule has 3 rings (SSSR count). The maximum absolute atomic E-state index is 11.0. The van der Waals surface area contributed by atoms with Crippen molar-refractivity contribution in [3.05, 3.63) is 35.8 Å². The van der Waals surface area contributed by atoms with Gasteiger partial charge in [-0.15, -0.1) is 0 Å². The number of aromatic nitrogens is 2. The molecule has 1 saturated heterocycles. The number of aromatic carboxylic acids is 1. The molecule has 2 aromatic heterocycles. The number of carbonyl (C=O) groups is 1. The predicted octanol–water partition coefficient (Wildman–Crippen LogP) is 2.45. The van der Waals surface area contributed by atoms with Crippen LogP contribution in [0.15, 0.2) is 24.5 Å². The standard InChI is InChI=1S/C16H21N3O2/c1-2-18-8-4-3-5-14(18)9-13-11-19-10-12(16(20)21)6-7-15(19)17-13/h6-7,10-11,14H,2-5,8-9H2,1H3,(H,20,21). The number of carboxylic acid groups (broad SMARTS) is 1. The molecule has 112 valence electrons. The lowest BCUT2D eigenvalue weighted by molar-refractivity contribution is 0.0696. The van der Waals surface area contributed by atoms with Crippen molar-refractivity contribution in [3.8, 4) is 0 Å². The van der Waals surface area contributed by atoms with Gasteiger partial charge in [0.2, 0.25) is 0 Å². The van der Waals surface area contributed by atoms with Crippen LogP contribution < -0.4 is 0 Å². The Labute approximate surface area is 124 Å². The molecule has 1 unspecified atom stereocenters. The Morgan fingerprint density at radius 3 is 3.00 bits per heavy atom. The number of imidazole rings is 1. The van der Waals surface area contributed by atoms with E-state index in [2.05, 4.69) is 16.8 Å². The second kappa shape index (κ2) is 5.85. The number of hydrogen-bond donors (Lipinski definition) is 1. The predicted molar refractivity (Wildman–Crippen MR) is 80.7 cm³/mol. The molecule has 1 fully saturated rings. The van der Waals surface area contributed by atoms with Gasteiger partial charge in [-0.3, -0.25) is 0 Å². The highest BCUT2D eigenvalue weighted by molar-refractivity contribution is 5.87. The molecule has 5 heteroatoms. The minimum atomic E-state index is -0.906. The summed E-state index contributed by atoms with van der Waals surface area (Å²) in [5.41, 5.74) is 2.15. The van der Waals surface area contributed by atoms with Crippen LogP contribution in [0.4, 0.5) is 0 Å². The molecule has 0 bridgehead atoms. The smallest absolute Gasteiger partial charge is 0.337 e. The van der Waals surface area contributed by atoms with Gasteiger partial charge in [0.05, 0.1) is 11.3 Å². The number of hydrogen-bond acceptors (Lipinski definition) is 3. The highest BCUT2D eigenvalue weighted by Crippen LogP contribution is 2.20. The van der Waals surface area contributed by atoms with E-state index in [1.165, 1.54) is 25.8 Å². The van der Waals surface area contributed by atoms with Crippen molar-refractivity contribution in [1.82, 2.24) is 14.3 Å².